The van der Waals surface area contributed by atoms with Crippen LogP contribution in [-0.4, -0.2) is 17.4 Å². The summed E-state index contributed by atoms with van der Waals surface area (Å²) in [5.74, 6) is 3.72. The average molecular weight is 218 g/mol. The first-order valence-corrected chi connectivity index (χ1v) is 6.38. The average Bonchev–Trinajstić information content (AvgIpc) is 2.84. The van der Waals surface area contributed by atoms with Crippen LogP contribution in [-0.2, 0) is 14.3 Å². The molecule has 0 N–H and O–H groups in total. The Kier molecular flexibility index (Phi) is 1.02. The number of hydrogen-bond acceptors (Lipinski definition) is 3. The monoisotopic (exact) mass is 218 g/mol. The summed E-state index contributed by atoms with van der Waals surface area (Å²) in [5, 5.41) is 0. The molecule has 6 saturated carbocycles. The van der Waals surface area contributed by atoms with E-state index in [1.807, 2.05) is 0 Å². The molecule has 0 aliphatic heterocycles. The van der Waals surface area contributed by atoms with E-state index in [1.165, 1.54) is 13.3 Å². The van der Waals surface area contributed by atoms with Gasteiger partial charge in [0.05, 0.1) is 5.92 Å². The third kappa shape index (κ3) is 0.518. The summed E-state index contributed by atoms with van der Waals surface area (Å²) in [6.07, 6.45) is 2.24. The number of hydrogen-bond donors (Lipinski definition) is 0. The first kappa shape index (κ1) is 8.26. The Balaban J connectivity index is 1.74. The lowest BCUT2D eigenvalue weighted by Gasteiger charge is -2.40. The maximum absolute atomic E-state index is 12.3. The van der Waals surface area contributed by atoms with Gasteiger partial charge >= 0.3 is 5.97 Å². The summed E-state index contributed by atoms with van der Waals surface area (Å²) in [4.78, 5) is 23.6. The van der Waals surface area contributed by atoms with Crippen LogP contribution in [0.15, 0.2) is 0 Å². The van der Waals surface area contributed by atoms with Crippen LogP contribution in [0.3, 0.4) is 0 Å². The number of esters is 1. The predicted molar refractivity (Wildman–Crippen MR) is 53.2 cm³/mol. The molecule has 0 radical (unpaired) electrons. The molecule has 6 aliphatic rings. The summed E-state index contributed by atoms with van der Waals surface area (Å²) in [7, 11) is 0. The SMILES string of the molecule is CC(=O)O[C@@]12C[C@H]3[C@H]4C[C@H]5[C@@H](C(=O)[C@H]1[C@H]35)[C@@H]42. The minimum Gasteiger partial charge on any atom is -0.458 e. The summed E-state index contributed by atoms with van der Waals surface area (Å²) in [5.41, 5.74) is -0.333. The molecular weight excluding hydrogens is 204 g/mol. The standard InChI is InChI=1S/C13H14O3/c1-4(14)16-13-3-7-5-2-6-8(7)11(13)12(15)9(6)10(5)13/h5-11H,2-3H2,1H3/t5-,6-,7+,8+,9-,10-,11-,13-/m1/s1. The van der Waals surface area contributed by atoms with Crippen LogP contribution in [0.25, 0.3) is 0 Å². The Labute approximate surface area is 93.5 Å². The Hall–Kier alpha value is -0.860. The van der Waals surface area contributed by atoms with Crippen molar-refractivity contribution in [3.63, 3.8) is 0 Å². The van der Waals surface area contributed by atoms with E-state index in [-0.39, 0.29) is 23.4 Å². The molecular formula is C13H14O3. The molecule has 6 aliphatic carbocycles. The lowest BCUT2D eigenvalue weighted by atomic mass is 9.69. The molecule has 6 bridgehead atoms. The molecule has 0 unspecified atom stereocenters. The van der Waals surface area contributed by atoms with Gasteiger partial charge < -0.3 is 4.74 Å². The Morgan fingerprint density at radius 3 is 2.94 bits per heavy atom. The summed E-state index contributed by atoms with van der Waals surface area (Å²) < 4.78 is 5.69. The van der Waals surface area contributed by atoms with Crippen LogP contribution in [0, 0.1) is 41.4 Å². The minimum atomic E-state index is -0.333. The number of ether oxygens (including phenoxy) is 1. The van der Waals surface area contributed by atoms with Crippen molar-refractivity contribution >= 4 is 11.8 Å². The molecule has 0 aromatic heterocycles. The highest BCUT2D eigenvalue weighted by Gasteiger charge is 2.88. The van der Waals surface area contributed by atoms with Gasteiger partial charge in [-0.25, -0.2) is 0 Å². The maximum atomic E-state index is 12.3. The van der Waals surface area contributed by atoms with E-state index in [1.54, 1.807) is 0 Å². The first-order chi connectivity index (χ1) is 7.65. The van der Waals surface area contributed by atoms with E-state index in [0.717, 1.165) is 6.42 Å². The van der Waals surface area contributed by atoms with E-state index in [4.69, 9.17) is 4.74 Å². The van der Waals surface area contributed by atoms with Crippen molar-refractivity contribution in [1.82, 2.24) is 0 Å². The topological polar surface area (TPSA) is 43.4 Å². The Morgan fingerprint density at radius 1 is 1.38 bits per heavy atom. The van der Waals surface area contributed by atoms with Crippen molar-refractivity contribution in [3.05, 3.63) is 0 Å². The highest BCUT2D eigenvalue weighted by Crippen LogP contribution is 2.83. The van der Waals surface area contributed by atoms with Crippen molar-refractivity contribution in [2.24, 2.45) is 41.4 Å². The zero-order valence-electron chi connectivity index (χ0n) is 9.18. The maximum Gasteiger partial charge on any atom is 0.303 e. The van der Waals surface area contributed by atoms with Gasteiger partial charge in [0, 0.05) is 18.8 Å². The number of Topliss-reactive ketones (excluding diaryl/α,β-unsaturated/α-hetero) is 1. The van der Waals surface area contributed by atoms with Crippen LogP contribution in [0.4, 0.5) is 0 Å². The predicted octanol–water partition coefficient (Wildman–Crippen LogP) is 1.02. The number of carbonyl (C=O) groups excluding carboxylic acids is 2. The van der Waals surface area contributed by atoms with Gasteiger partial charge in [-0.05, 0) is 36.5 Å². The van der Waals surface area contributed by atoms with E-state index in [0.29, 0.717) is 35.4 Å². The molecule has 84 valence electrons. The van der Waals surface area contributed by atoms with Crippen LogP contribution in [0.2, 0.25) is 0 Å². The lowest BCUT2D eigenvalue weighted by Crippen LogP contribution is -2.46. The highest BCUT2D eigenvalue weighted by molar-refractivity contribution is 5.94. The third-order valence-electron chi connectivity index (χ3n) is 6.39. The molecule has 0 aromatic rings. The van der Waals surface area contributed by atoms with Gasteiger partial charge in [-0.3, -0.25) is 9.59 Å². The van der Waals surface area contributed by atoms with Crippen molar-refractivity contribution in [2.75, 3.05) is 0 Å². The highest BCUT2D eigenvalue weighted by atomic mass is 16.6. The fraction of sp³-hybridized carbons (Fsp3) is 0.846. The lowest BCUT2D eigenvalue weighted by molar-refractivity contribution is -0.168. The summed E-state index contributed by atoms with van der Waals surface area (Å²) in [6, 6.07) is 0. The van der Waals surface area contributed by atoms with Crippen LogP contribution in [0.1, 0.15) is 19.8 Å². The molecule has 16 heavy (non-hydrogen) atoms. The van der Waals surface area contributed by atoms with Crippen molar-refractivity contribution < 1.29 is 14.3 Å². The summed E-state index contributed by atoms with van der Waals surface area (Å²) in [6.45, 7) is 1.49. The van der Waals surface area contributed by atoms with Gasteiger partial charge in [0.15, 0.2) is 0 Å². The minimum absolute atomic E-state index is 0.0974. The van der Waals surface area contributed by atoms with Crippen molar-refractivity contribution in [2.45, 2.75) is 25.4 Å². The van der Waals surface area contributed by atoms with Gasteiger partial charge in [-0.2, -0.15) is 0 Å². The smallest absolute Gasteiger partial charge is 0.303 e. The largest absolute Gasteiger partial charge is 0.458 e. The van der Waals surface area contributed by atoms with Gasteiger partial charge in [-0.1, -0.05) is 0 Å². The van der Waals surface area contributed by atoms with Gasteiger partial charge in [-0.15, -0.1) is 0 Å². The Bertz CT molecular complexity index is 456. The van der Waals surface area contributed by atoms with Crippen LogP contribution in [0.5, 0.6) is 0 Å². The number of ketones is 1. The third-order valence-corrected chi connectivity index (χ3v) is 6.39. The van der Waals surface area contributed by atoms with Gasteiger partial charge in [0.25, 0.3) is 0 Å². The molecule has 6 fully saturated rings. The molecule has 6 rings (SSSR count). The van der Waals surface area contributed by atoms with Crippen molar-refractivity contribution in [1.29, 1.82) is 0 Å². The molecule has 0 saturated heterocycles. The molecule has 0 aromatic carbocycles. The second-order valence-electron chi connectivity index (χ2n) is 6.49. The molecule has 0 spiro atoms. The molecule has 3 heteroatoms. The Morgan fingerprint density at radius 2 is 2.19 bits per heavy atom. The number of rotatable bonds is 1. The van der Waals surface area contributed by atoms with Crippen LogP contribution < -0.4 is 0 Å². The van der Waals surface area contributed by atoms with E-state index >= 15 is 0 Å². The molecule has 3 nitrogen and oxygen atoms in total. The fourth-order valence-electron chi connectivity index (χ4n) is 6.66. The van der Waals surface area contributed by atoms with E-state index < -0.39 is 0 Å². The summed E-state index contributed by atoms with van der Waals surface area (Å²) >= 11 is 0. The quantitative estimate of drug-likeness (QED) is 0.617. The molecule has 0 heterocycles. The van der Waals surface area contributed by atoms with Gasteiger partial charge in [0.1, 0.15) is 11.4 Å². The zero-order valence-corrected chi connectivity index (χ0v) is 9.18. The van der Waals surface area contributed by atoms with Gasteiger partial charge in [0.2, 0.25) is 0 Å². The van der Waals surface area contributed by atoms with Crippen molar-refractivity contribution in [3.8, 4) is 0 Å². The number of carbonyl (C=O) groups is 2. The molecule has 8 atom stereocenters. The second kappa shape index (κ2) is 1.98. The normalized spacial score (nSPS) is 66.6. The molecule has 0 amide bonds. The van der Waals surface area contributed by atoms with Crippen LogP contribution >= 0.6 is 0 Å². The van der Waals surface area contributed by atoms with E-state index in [9.17, 15) is 9.59 Å². The first-order valence-electron chi connectivity index (χ1n) is 6.38. The second-order valence-corrected chi connectivity index (χ2v) is 6.49. The van der Waals surface area contributed by atoms with E-state index in [2.05, 4.69) is 0 Å². The fourth-order valence-corrected chi connectivity index (χ4v) is 6.66. The zero-order chi connectivity index (χ0) is 10.8.